The first-order chi connectivity index (χ1) is 7.76. The van der Waals surface area contributed by atoms with Crippen molar-refractivity contribution in [3.63, 3.8) is 0 Å². The SMILES string of the molecule is CC1CN2CCCCC2CN1C(CN)CO. The molecule has 2 aliphatic rings. The minimum Gasteiger partial charge on any atom is -0.395 e. The maximum absolute atomic E-state index is 9.36. The van der Waals surface area contributed by atoms with Crippen molar-refractivity contribution in [3.05, 3.63) is 0 Å². The molecule has 16 heavy (non-hydrogen) atoms. The van der Waals surface area contributed by atoms with Gasteiger partial charge in [0.2, 0.25) is 0 Å². The second-order valence-electron chi connectivity index (χ2n) is 5.26. The molecule has 2 heterocycles. The van der Waals surface area contributed by atoms with E-state index in [0.717, 1.165) is 13.1 Å². The fourth-order valence-electron chi connectivity index (χ4n) is 3.20. The number of nitrogens with two attached hydrogens (primary N) is 1. The summed E-state index contributed by atoms with van der Waals surface area (Å²) in [4.78, 5) is 5.03. The van der Waals surface area contributed by atoms with E-state index in [2.05, 4.69) is 16.7 Å². The first-order valence-electron chi connectivity index (χ1n) is 6.57. The standard InChI is InChI=1S/C12H25N3O/c1-10-7-14-5-3-2-4-11(14)8-15(10)12(6-13)9-16/h10-12,16H,2-9,13H2,1H3. The molecule has 0 bridgehead atoms. The van der Waals surface area contributed by atoms with Crippen LogP contribution in [0.1, 0.15) is 26.2 Å². The number of hydrogen-bond donors (Lipinski definition) is 2. The molecule has 0 aromatic rings. The van der Waals surface area contributed by atoms with Crippen LogP contribution in [0.15, 0.2) is 0 Å². The maximum atomic E-state index is 9.36. The highest BCUT2D eigenvalue weighted by atomic mass is 16.3. The van der Waals surface area contributed by atoms with E-state index in [9.17, 15) is 5.11 Å². The summed E-state index contributed by atoms with van der Waals surface area (Å²) in [6, 6.07) is 1.37. The molecule has 2 aliphatic heterocycles. The molecule has 4 heteroatoms. The summed E-state index contributed by atoms with van der Waals surface area (Å²) in [6.45, 7) is 6.49. The molecule has 0 saturated carbocycles. The summed E-state index contributed by atoms with van der Waals surface area (Å²) in [6.07, 6.45) is 4.02. The Morgan fingerprint density at radius 1 is 1.38 bits per heavy atom. The molecule has 0 aromatic carbocycles. The van der Waals surface area contributed by atoms with Crippen LogP contribution in [0.5, 0.6) is 0 Å². The van der Waals surface area contributed by atoms with Crippen LogP contribution in [0.4, 0.5) is 0 Å². The van der Waals surface area contributed by atoms with Crippen LogP contribution in [-0.2, 0) is 0 Å². The monoisotopic (exact) mass is 227 g/mol. The van der Waals surface area contributed by atoms with Crippen LogP contribution < -0.4 is 5.73 Å². The van der Waals surface area contributed by atoms with E-state index < -0.39 is 0 Å². The Labute approximate surface area is 98.4 Å². The van der Waals surface area contributed by atoms with E-state index >= 15 is 0 Å². The number of fused-ring (bicyclic) bond motifs is 1. The lowest BCUT2D eigenvalue weighted by Gasteiger charge is -2.49. The summed E-state index contributed by atoms with van der Waals surface area (Å²) in [5.41, 5.74) is 5.73. The van der Waals surface area contributed by atoms with Gasteiger partial charge in [0.25, 0.3) is 0 Å². The zero-order valence-electron chi connectivity index (χ0n) is 10.3. The molecule has 2 saturated heterocycles. The first kappa shape index (κ1) is 12.3. The molecule has 2 fully saturated rings. The van der Waals surface area contributed by atoms with Crippen LogP contribution in [0.25, 0.3) is 0 Å². The van der Waals surface area contributed by atoms with Crippen LogP contribution in [0, 0.1) is 0 Å². The lowest BCUT2D eigenvalue weighted by Crippen LogP contribution is -2.62. The van der Waals surface area contributed by atoms with Gasteiger partial charge < -0.3 is 10.8 Å². The van der Waals surface area contributed by atoms with Gasteiger partial charge in [0.15, 0.2) is 0 Å². The highest BCUT2D eigenvalue weighted by molar-refractivity contribution is 4.91. The number of aliphatic hydroxyl groups excluding tert-OH is 1. The average molecular weight is 227 g/mol. The highest BCUT2D eigenvalue weighted by Crippen LogP contribution is 2.24. The van der Waals surface area contributed by atoms with Gasteiger partial charge in [-0.2, -0.15) is 0 Å². The fourth-order valence-corrected chi connectivity index (χ4v) is 3.20. The van der Waals surface area contributed by atoms with Crippen molar-refractivity contribution in [1.82, 2.24) is 9.80 Å². The number of hydrogen-bond acceptors (Lipinski definition) is 4. The van der Waals surface area contributed by atoms with Crippen molar-refractivity contribution in [2.24, 2.45) is 5.73 Å². The molecule has 0 aliphatic carbocycles. The predicted molar refractivity (Wildman–Crippen MR) is 65.3 cm³/mol. The average Bonchev–Trinajstić information content (AvgIpc) is 2.31. The van der Waals surface area contributed by atoms with Crippen molar-refractivity contribution in [1.29, 1.82) is 0 Å². The van der Waals surface area contributed by atoms with Gasteiger partial charge in [-0.15, -0.1) is 0 Å². The number of piperidine rings is 1. The Hall–Kier alpha value is -0.160. The van der Waals surface area contributed by atoms with Crippen LogP contribution >= 0.6 is 0 Å². The van der Waals surface area contributed by atoms with Crippen LogP contribution in [0.2, 0.25) is 0 Å². The zero-order chi connectivity index (χ0) is 11.5. The van der Waals surface area contributed by atoms with Gasteiger partial charge >= 0.3 is 0 Å². The van der Waals surface area contributed by atoms with E-state index in [1.807, 2.05) is 0 Å². The van der Waals surface area contributed by atoms with Gasteiger partial charge in [0.1, 0.15) is 0 Å². The van der Waals surface area contributed by atoms with Gasteiger partial charge in [-0.05, 0) is 26.3 Å². The Morgan fingerprint density at radius 2 is 2.19 bits per heavy atom. The Balaban J connectivity index is 1.99. The molecule has 94 valence electrons. The van der Waals surface area contributed by atoms with E-state index in [-0.39, 0.29) is 12.6 Å². The number of rotatable bonds is 3. The van der Waals surface area contributed by atoms with Crippen molar-refractivity contribution in [3.8, 4) is 0 Å². The molecular formula is C12H25N3O. The summed E-state index contributed by atoms with van der Waals surface area (Å²) >= 11 is 0. The topological polar surface area (TPSA) is 52.7 Å². The third-order valence-electron chi connectivity index (χ3n) is 4.19. The molecule has 4 nitrogen and oxygen atoms in total. The smallest absolute Gasteiger partial charge is 0.0599 e. The normalized spacial score (nSPS) is 34.7. The first-order valence-corrected chi connectivity index (χ1v) is 6.57. The minimum absolute atomic E-state index is 0.152. The summed E-state index contributed by atoms with van der Waals surface area (Å²) in [7, 11) is 0. The van der Waals surface area contributed by atoms with E-state index in [0.29, 0.717) is 18.6 Å². The second-order valence-corrected chi connectivity index (χ2v) is 5.26. The van der Waals surface area contributed by atoms with E-state index in [1.165, 1.54) is 25.8 Å². The third kappa shape index (κ3) is 2.40. The highest BCUT2D eigenvalue weighted by Gasteiger charge is 2.35. The quantitative estimate of drug-likeness (QED) is 0.705. The van der Waals surface area contributed by atoms with Crippen LogP contribution in [-0.4, -0.2) is 65.8 Å². The van der Waals surface area contributed by atoms with Gasteiger partial charge in [0.05, 0.1) is 6.61 Å². The lowest BCUT2D eigenvalue weighted by atomic mass is 9.96. The molecule has 3 unspecified atom stereocenters. The third-order valence-corrected chi connectivity index (χ3v) is 4.19. The van der Waals surface area contributed by atoms with Crippen molar-refractivity contribution in [2.45, 2.75) is 44.3 Å². The number of aliphatic hydroxyl groups is 1. The van der Waals surface area contributed by atoms with E-state index in [4.69, 9.17) is 5.73 Å². The maximum Gasteiger partial charge on any atom is 0.0599 e. The molecule has 3 N–H and O–H groups in total. The van der Waals surface area contributed by atoms with Gasteiger partial charge in [0, 0.05) is 37.8 Å². The minimum atomic E-state index is 0.152. The van der Waals surface area contributed by atoms with Crippen LogP contribution in [0.3, 0.4) is 0 Å². The molecule has 0 amide bonds. The molecule has 0 radical (unpaired) electrons. The molecule has 3 atom stereocenters. The van der Waals surface area contributed by atoms with Gasteiger partial charge in [-0.1, -0.05) is 6.42 Å². The summed E-state index contributed by atoms with van der Waals surface area (Å²) in [5, 5.41) is 9.36. The van der Waals surface area contributed by atoms with Crippen molar-refractivity contribution in [2.75, 3.05) is 32.8 Å². The zero-order valence-corrected chi connectivity index (χ0v) is 10.3. The molecule has 0 aromatic heterocycles. The van der Waals surface area contributed by atoms with E-state index in [1.54, 1.807) is 0 Å². The van der Waals surface area contributed by atoms with Gasteiger partial charge in [-0.3, -0.25) is 9.80 Å². The molecule has 2 rings (SSSR count). The predicted octanol–water partition coefficient (Wildman–Crippen LogP) is -0.135. The number of nitrogens with zero attached hydrogens (tertiary/aromatic N) is 2. The Kier molecular flexibility index (Phi) is 4.19. The largest absolute Gasteiger partial charge is 0.395 e. The van der Waals surface area contributed by atoms with Crippen molar-refractivity contribution < 1.29 is 5.11 Å². The Morgan fingerprint density at radius 3 is 2.88 bits per heavy atom. The van der Waals surface area contributed by atoms with Gasteiger partial charge in [-0.25, -0.2) is 0 Å². The Bertz CT molecular complexity index is 220. The summed E-state index contributed by atoms with van der Waals surface area (Å²) < 4.78 is 0. The lowest BCUT2D eigenvalue weighted by molar-refractivity contribution is -0.0182. The molecular weight excluding hydrogens is 202 g/mol. The second kappa shape index (κ2) is 5.45. The number of piperazine rings is 1. The van der Waals surface area contributed by atoms with Crippen molar-refractivity contribution >= 4 is 0 Å². The molecule has 0 spiro atoms. The summed E-state index contributed by atoms with van der Waals surface area (Å²) in [5.74, 6) is 0. The fraction of sp³-hybridized carbons (Fsp3) is 1.00.